The first-order chi connectivity index (χ1) is 12.8. The maximum absolute atomic E-state index is 4.96. The second kappa shape index (κ2) is 7.57. The van der Waals surface area contributed by atoms with E-state index in [1.165, 1.54) is 0 Å². The monoisotopic (exact) mass is 415 g/mol. The number of aromatic nitrogens is 5. The predicted molar refractivity (Wildman–Crippen MR) is 105 cm³/mol. The van der Waals surface area contributed by atoms with Gasteiger partial charge in [-0.05, 0) is 0 Å². The average Bonchev–Trinajstić information content (AvgIpc) is 3.33. The molecule has 4 aromatic rings. The average molecular weight is 416 g/mol. The van der Waals surface area contributed by atoms with Gasteiger partial charge in [0.25, 0.3) is 0 Å². The van der Waals surface area contributed by atoms with E-state index in [4.69, 9.17) is 4.98 Å². The van der Waals surface area contributed by atoms with Gasteiger partial charge in [-0.25, -0.2) is 0 Å². The number of nitrogens with zero attached hydrogens (tertiary/aromatic N) is 5. The summed E-state index contributed by atoms with van der Waals surface area (Å²) in [5, 5.41) is 5.63. The van der Waals surface area contributed by atoms with E-state index in [-0.39, 0.29) is 0 Å². The van der Waals surface area contributed by atoms with Gasteiger partial charge in [-0.1, -0.05) is 0 Å². The van der Waals surface area contributed by atoms with Crippen molar-refractivity contribution in [3.63, 3.8) is 0 Å². The number of benzene rings is 2. The Morgan fingerprint density at radius 1 is 1.00 bits per heavy atom. The molecule has 0 spiro atoms. The molecule has 0 amide bonds. The van der Waals surface area contributed by atoms with Gasteiger partial charge in [0.05, 0.1) is 0 Å². The Hall–Kier alpha value is -2.22. The first-order valence-electron chi connectivity index (χ1n) is 8.33. The normalized spacial score (nSPS) is 11.0. The summed E-state index contributed by atoms with van der Waals surface area (Å²) < 4.78 is 3.98. The van der Waals surface area contributed by atoms with Crippen LogP contribution in [0.2, 0.25) is 0 Å². The molecule has 4 rings (SSSR count). The van der Waals surface area contributed by atoms with Gasteiger partial charge in [-0.2, -0.15) is 0 Å². The third-order valence-corrected chi connectivity index (χ3v) is 6.04. The van der Waals surface area contributed by atoms with Gasteiger partial charge >= 0.3 is 165 Å². The van der Waals surface area contributed by atoms with Crippen molar-refractivity contribution in [3.8, 4) is 22.9 Å². The van der Waals surface area contributed by atoms with Gasteiger partial charge in [-0.3, -0.25) is 0 Å². The molecule has 2 aromatic carbocycles. The van der Waals surface area contributed by atoms with Crippen molar-refractivity contribution in [1.82, 2.24) is 24.3 Å². The molecule has 0 saturated carbocycles. The van der Waals surface area contributed by atoms with Crippen LogP contribution in [0.15, 0.2) is 72.0 Å². The molecule has 0 atom stereocenters. The molecule has 5 nitrogen and oxygen atoms in total. The number of hydrogen-bond acceptors (Lipinski definition) is 4. The number of rotatable bonds is 5. The molecule has 0 unspecified atom stereocenters. The van der Waals surface area contributed by atoms with Crippen molar-refractivity contribution >= 4 is 27.1 Å². The summed E-state index contributed by atoms with van der Waals surface area (Å²) in [6.07, 6.45) is 2.55. The molecular weight excluding hydrogens is 400 g/mol. The summed E-state index contributed by atoms with van der Waals surface area (Å²) in [7, 11) is 1.72. The third kappa shape index (κ3) is 3.13. The summed E-state index contributed by atoms with van der Waals surface area (Å²) in [5.74, 6) is 2.54. The van der Waals surface area contributed by atoms with E-state index in [0.717, 1.165) is 40.2 Å². The number of aryl methyl sites for hydroxylation is 1. The Labute approximate surface area is 165 Å². The molecule has 0 N–H and O–H groups in total. The van der Waals surface area contributed by atoms with E-state index in [1.54, 1.807) is 38.1 Å². The molecule has 0 aliphatic heterocycles. The second-order valence-electron chi connectivity index (χ2n) is 5.68. The van der Waals surface area contributed by atoms with E-state index < -0.39 is 0 Å². The fraction of sp³-hybridized carbons (Fsp3) is 0.105. The van der Waals surface area contributed by atoms with Crippen molar-refractivity contribution in [1.29, 1.82) is 0 Å². The second-order valence-corrected chi connectivity index (χ2v) is 7.78. The summed E-state index contributed by atoms with van der Waals surface area (Å²) in [5.41, 5.74) is 2.15. The molecule has 2 heterocycles. The van der Waals surface area contributed by atoms with Gasteiger partial charge in [0.2, 0.25) is 0 Å². The van der Waals surface area contributed by atoms with Gasteiger partial charge in [0.15, 0.2) is 0 Å². The predicted octanol–water partition coefficient (Wildman–Crippen LogP) is 3.86. The Kier molecular flexibility index (Phi) is 5.01. The van der Waals surface area contributed by atoms with Crippen molar-refractivity contribution in [2.45, 2.75) is 18.4 Å². The summed E-state index contributed by atoms with van der Waals surface area (Å²) in [4.78, 5) is 9.33. The summed E-state index contributed by atoms with van der Waals surface area (Å²) in [6, 6.07) is 20.6. The fourth-order valence-electron chi connectivity index (χ4n) is 2.81. The van der Waals surface area contributed by atoms with Crippen molar-refractivity contribution in [2.24, 2.45) is 0 Å². The van der Waals surface area contributed by atoms with Crippen LogP contribution in [0.25, 0.3) is 22.9 Å². The van der Waals surface area contributed by atoms with E-state index in [9.17, 15) is 0 Å². The zero-order valence-corrected chi connectivity index (χ0v) is 17.5. The van der Waals surface area contributed by atoms with Crippen molar-refractivity contribution < 1.29 is 0 Å². The van der Waals surface area contributed by atoms with E-state index in [2.05, 4.69) is 45.8 Å². The van der Waals surface area contributed by atoms with Crippen LogP contribution in [-0.4, -0.2) is 41.7 Å². The number of para-hydroxylation sites is 1. The van der Waals surface area contributed by atoms with Gasteiger partial charge in [-0.15, -0.1) is 0 Å². The van der Waals surface area contributed by atoms with Crippen LogP contribution in [0, 0.1) is 0 Å². The minimum absolute atomic E-state index is 0.802. The Morgan fingerprint density at radius 3 is 2.31 bits per heavy atom. The minimum atomic E-state index is 0.802. The molecule has 0 aliphatic carbocycles. The summed E-state index contributed by atoms with van der Waals surface area (Å²) >= 11 is 1.56. The quantitative estimate of drug-likeness (QED) is 0.464. The molecule has 7 heteroatoms. The molecule has 0 fully saturated rings. The van der Waals surface area contributed by atoms with Crippen LogP contribution in [0.5, 0.6) is 0 Å². The van der Waals surface area contributed by atoms with Gasteiger partial charge in [0, 0.05) is 0 Å². The molecule has 0 bridgehead atoms. The van der Waals surface area contributed by atoms with Crippen LogP contribution < -0.4 is 0 Å². The first-order valence-corrected chi connectivity index (χ1v) is 12.2. The third-order valence-electron chi connectivity index (χ3n) is 4.05. The van der Waals surface area contributed by atoms with E-state index in [1.807, 2.05) is 36.4 Å². The fourth-order valence-corrected chi connectivity index (χ4v) is 4.68. The van der Waals surface area contributed by atoms with E-state index >= 15 is 0 Å². The van der Waals surface area contributed by atoms with Crippen LogP contribution >= 0.6 is 9.70 Å². The molecule has 126 valence electrons. The SMILES string of the molecule is CCc1ncn(-c2nc(-c3ccccc3)n(-c3ccccc3)c2[S][Ga])n1. The zero-order chi connectivity index (χ0) is 17.9. The molecule has 0 aliphatic rings. The number of hydrogen-bond donors (Lipinski definition) is 0. The van der Waals surface area contributed by atoms with Gasteiger partial charge in [0.1, 0.15) is 0 Å². The molecule has 2 radical (unpaired) electrons. The van der Waals surface area contributed by atoms with Crippen LogP contribution in [0.4, 0.5) is 0 Å². The standard InChI is InChI=1S/C19H17N5S.Ga/c1-2-16-20-13-23(22-16)18-19(25)24(15-11-7-4-8-12-15)17(21-18)14-9-5-3-6-10-14;/h3-13,25H,2H2,1H3;/q;+1/p-1. The summed E-state index contributed by atoms with van der Waals surface area (Å²) in [6.45, 7) is 2.05. The van der Waals surface area contributed by atoms with Crippen LogP contribution in [0.1, 0.15) is 12.7 Å². The maximum atomic E-state index is 4.96. The molecule has 26 heavy (non-hydrogen) atoms. The zero-order valence-electron chi connectivity index (χ0n) is 14.3. The first kappa shape index (κ1) is 17.2. The van der Waals surface area contributed by atoms with Crippen molar-refractivity contribution in [2.75, 3.05) is 0 Å². The van der Waals surface area contributed by atoms with E-state index in [0.29, 0.717) is 0 Å². The Balaban J connectivity index is 1.98. The van der Waals surface area contributed by atoms with Crippen LogP contribution in [0.3, 0.4) is 0 Å². The van der Waals surface area contributed by atoms with Crippen LogP contribution in [-0.2, 0) is 6.42 Å². The molecule has 0 saturated heterocycles. The van der Waals surface area contributed by atoms with Gasteiger partial charge < -0.3 is 0 Å². The van der Waals surface area contributed by atoms with Crippen molar-refractivity contribution in [3.05, 3.63) is 72.8 Å². The Morgan fingerprint density at radius 2 is 1.69 bits per heavy atom. The molecular formula is C19H16GaN5S. The number of imidazole rings is 1. The topological polar surface area (TPSA) is 48.5 Å². The molecule has 2 aromatic heterocycles. The Bertz CT molecular complexity index is 1010.